The summed E-state index contributed by atoms with van der Waals surface area (Å²) < 4.78 is 21.1. The molecule has 4 nitrogen and oxygen atoms in total. The Hall–Kier alpha value is -1.56. The molecule has 6 heteroatoms. The molecule has 1 heterocycles. The second-order valence-corrected chi connectivity index (χ2v) is 4.37. The minimum atomic E-state index is -0.458. The normalized spacial score (nSPS) is 10.6. The molecule has 0 aliphatic rings. The van der Waals surface area contributed by atoms with Crippen LogP contribution in [0.1, 0.15) is 0 Å². The number of nitrogens with zero attached hydrogens (tertiary/aromatic N) is 2. The van der Waals surface area contributed by atoms with Gasteiger partial charge in [0.2, 0.25) is 0 Å². The number of ether oxygens (including phenoxy) is 1. The zero-order valence-corrected chi connectivity index (χ0v) is 11.0. The third kappa shape index (κ3) is 2.00. The van der Waals surface area contributed by atoms with E-state index in [2.05, 4.69) is 21.0 Å². The highest BCUT2D eigenvalue weighted by molar-refractivity contribution is 9.10. The van der Waals surface area contributed by atoms with Crippen LogP contribution < -0.4 is 10.5 Å². The predicted octanol–water partition coefficient (Wildman–Crippen LogP) is 2.58. The highest BCUT2D eigenvalue weighted by Gasteiger charge is 2.17. The number of aryl methyl sites for hydroxylation is 1. The molecule has 2 rings (SSSR count). The van der Waals surface area contributed by atoms with Gasteiger partial charge in [-0.2, -0.15) is 5.10 Å². The van der Waals surface area contributed by atoms with Crippen molar-refractivity contribution < 1.29 is 9.13 Å². The Morgan fingerprint density at radius 2 is 2.18 bits per heavy atom. The molecule has 0 saturated heterocycles. The van der Waals surface area contributed by atoms with Gasteiger partial charge >= 0.3 is 0 Å². The lowest BCUT2D eigenvalue weighted by atomic mass is 10.1. The number of nitrogen functional groups attached to an aromatic ring is 1. The van der Waals surface area contributed by atoms with Crippen LogP contribution in [0.2, 0.25) is 0 Å². The van der Waals surface area contributed by atoms with Gasteiger partial charge in [0.25, 0.3) is 0 Å². The Balaban J connectivity index is 2.65. The largest absolute Gasteiger partial charge is 0.494 e. The molecule has 0 radical (unpaired) electrons. The number of rotatable bonds is 2. The lowest BCUT2D eigenvalue weighted by molar-refractivity contribution is 0.387. The Morgan fingerprint density at radius 1 is 1.47 bits per heavy atom. The van der Waals surface area contributed by atoms with Crippen LogP contribution in [0.25, 0.3) is 11.3 Å². The van der Waals surface area contributed by atoms with E-state index in [4.69, 9.17) is 10.5 Å². The fourth-order valence-corrected chi connectivity index (χ4v) is 2.04. The Bertz CT molecular complexity index is 549. The van der Waals surface area contributed by atoms with Crippen LogP contribution in [-0.4, -0.2) is 16.9 Å². The van der Waals surface area contributed by atoms with Gasteiger partial charge in [-0.25, -0.2) is 4.39 Å². The van der Waals surface area contributed by atoms with Crippen molar-refractivity contribution in [3.05, 3.63) is 28.5 Å². The minimum absolute atomic E-state index is 0.174. The van der Waals surface area contributed by atoms with Crippen molar-refractivity contribution in [2.75, 3.05) is 12.8 Å². The van der Waals surface area contributed by atoms with E-state index in [-0.39, 0.29) is 5.75 Å². The number of methoxy groups -OCH3 is 1. The van der Waals surface area contributed by atoms with Gasteiger partial charge in [0.05, 0.1) is 18.4 Å². The number of hydrogen-bond acceptors (Lipinski definition) is 3. The summed E-state index contributed by atoms with van der Waals surface area (Å²) in [4.78, 5) is 0. The standard InChI is InChI=1S/C11H11BrFN3O/c1-16-9(14)5-7(15-16)10-6(12)3-4-8(17-2)11(10)13/h3-5H,14H2,1-2H3. The van der Waals surface area contributed by atoms with Gasteiger partial charge in [-0.3, -0.25) is 4.68 Å². The quantitative estimate of drug-likeness (QED) is 0.927. The monoisotopic (exact) mass is 299 g/mol. The number of benzene rings is 1. The van der Waals surface area contributed by atoms with Gasteiger partial charge in [0.15, 0.2) is 11.6 Å². The van der Waals surface area contributed by atoms with Crippen molar-refractivity contribution in [2.45, 2.75) is 0 Å². The smallest absolute Gasteiger partial charge is 0.175 e. The topological polar surface area (TPSA) is 53.1 Å². The fraction of sp³-hybridized carbons (Fsp3) is 0.182. The van der Waals surface area contributed by atoms with Crippen LogP contribution in [0.15, 0.2) is 22.7 Å². The van der Waals surface area contributed by atoms with E-state index in [9.17, 15) is 4.39 Å². The highest BCUT2D eigenvalue weighted by Crippen LogP contribution is 2.35. The highest BCUT2D eigenvalue weighted by atomic mass is 79.9. The lowest BCUT2D eigenvalue weighted by Gasteiger charge is -2.07. The molecule has 0 fully saturated rings. The van der Waals surface area contributed by atoms with Crippen molar-refractivity contribution in [3.8, 4) is 17.0 Å². The molecular weight excluding hydrogens is 289 g/mol. The summed E-state index contributed by atoms with van der Waals surface area (Å²) in [6.45, 7) is 0. The van der Waals surface area contributed by atoms with Crippen LogP contribution in [0, 0.1) is 5.82 Å². The zero-order chi connectivity index (χ0) is 12.6. The first kappa shape index (κ1) is 11.9. The molecule has 90 valence electrons. The van der Waals surface area contributed by atoms with Crippen LogP contribution in [0.5, 0.6) is 5.75 Å². The van der Waals surface area contributed by atoms with Crippen LogP contribution >= 0.6 is 15.9 Å². The molecule has 1 aromatic carbocycles. The molecule has 0 aliphatic carbocycles. The van der Waals surface area contributed by atoms with Crippen molar-refractivity contribution in [2.24, 2.45) is 7.05 Å². The molecular formula is C11H11BrFN3O. The molecule has 2 aromatic rings. The third-order valence-electron chi connectivity index (χ3n) is 2.45. The first-order valence-electron chi connectivity index (χ1n) is 4.86. The lowest BCUT2D eigenvalue weighted by Crippen LogP contribution is -1.97. The second-order valence-electron chi connectivity index (χ2n) is 3.52. The van der Waals surface area contributed by atoms with Gasteiger partial charge < -0.3 is 10.5 Å². The molecule has 0 atom stereocenters. The van der Waals surface area contributed by atoms with Crippen LogP contribution in [0.3, 0.4) is 0 Å². The van der Waals surface area contributed by atoms with Crippen molar-refractivity contribution in [1.29, 1.82) is 0 Å². The minimum Gasteiger partial charge on any atom is -0.494 e. The summed E-state index contributed by atoms with van der Waals surface area (Å²) in [5.74, 6) is 0.182. The average Bonchev–Trinajstić information content (AvgIpc) is 2.59. The first-order chi connectivity index (χ1) is 8.04. The van der Waals surface area contributed by atoms with Gasteiger partial charge in [-0.15, -0.1) is 0 Å². The third-order valence-corrected chi connectivity index (χ3v) is 3.11. The molecule has 0 spiro atoms. The van der Waals surface area contributed by atoms with Gasteiger partial charge in [-0.05, 0) is 28.1 Å². The molecule has 17 heavy (non-hydrogen) atoms. The van der Waals surface area contributed by atoms with Crippen molar-refractivity contribution >= 4 is 21.7 Å². The molecule has 2 N–H and O–H groups in total. The van der Waals surface area contributed by atoms with E-state index in [0.29, 0.717) is 21.5 Å². The molecule has 0 bridgehead atoms. The Morgan fingerprint density at radius 3 is 2.71 bits per heavy atom. The Kier molecular flexibility index (Phi) is 3.06. The van der Waals surface area contributed by atoms with Gasteiger partial charge in [0.1, 0.15) is 5.82 Å². The maximum Gasteiger partial charge on any atom is 0.175 e. The van der Waals surface area contributed by atoms with E-state index in [1.54, 1.807) is 25.2 Å². The maximum atomic E-state index is 14.1. The zero-order valence-electron chi connectivity index (χ0n) is 9.37. The summed E-state index contributed by atoms with van der Waals surface area (Å²) in [5.41, 5.74) is 6.49. The molecule has 0 saturated carbocycles. The van der Waals surface area contributed by atoms with Crippen LogP contribution in [-0.2, 0) is 7.05 Å². The molecule has 0 aliphatic heterocycles. The average molecular weight is 300 g/mol. The first-order valence-corrected chi connectivity index (χ1v) is 5.65. The van der Waals surface area contributed by atoms with Crippen molar-refractivity contribution in [1.82, 2.24) is 9.78 Å². The number of nitrogens with two attached hydrogens (primary N) is 1. The number of aromatic nitrogens is 2. The van der Waals surface area contributed by atoms with Gasteiger partial charge in [0, 0.05) is 17.6 Å². The molecule has 0 unspecified atom stereocenters. The predicted molar refractivity (Wildman–Crippen MR) is 67.3 cm³/mol. The molecule has 0 amide bonds. The van der Waals surface area contributed by atoms with E-state index >= 15 is 0 Å². The van der Waals surface area contributed by atoms with E-state index in [1.807, 2.05) is 0 Å². The SMILES string of the molecule is COc1ccc(Br)c(-c2cc(N)n(C)n2)c1F. The number of anilines is 1. The maximum absolute atomic E-state index is 14.1. The number of halogens is 2. The summed E-state index contributed by atoms with van der Waals surface area (Å²) in [7, 11) is 3.12. The number of hydrogen-bond donors (Lipinski definition) is 1. The van der Waals surface area contributed by atoms with E-state index in [1.165, 1.54) is 11.8 Å². The summed E-state index contributed by atoms with van der Waals surface area (Å²) in [6, 6.07) is 4.87. The fourth-order valence-electron chi connectivity index (χ4n) is 1.53. The van der Waals surface area contributed by atoms with Crippen LogP contribution in [0.4, 0.5) is 10.2 Å². The van der Waals surface area contributed by atoms with Crippen molar-refractivity contribution in [3.63, 3.8) is 0 Å². The second kappa shape index (κ2) is 4.37. The van der Waals surface area contributed by atoms with E-state index < -0.39 is 5.82 Å². The summed E-state index contributed by atoms with van der Waals surface area (Å²) >= 11 is 3.30. The van der Waals surface area contributed by atoms with E-state index in [0.717, 1.165) is 0 Å². The summed E-state index contributed by atoms with van der Waals surface area (Å²) in [5, 5.41) is 4.14. The summed E-state index contributed by atoms with van der Waals surface area (Å²) in [6.07, 6.45) is 0. The molecule has 1 aromatic heterocycles. The van der Waals surface area contributed by atoms with Gasteiger partial charge in [-0.1, -0.05) is 0 Å². The Labute approximate surface area is 106 Å².